The average Bonchev–Trinajstić information content (AvgIpc) is 3.58. The number of sulfonamides is 1. The number of rotatable bonds is 6. The Morgan fingerprint density at radius 3 is 2.55 bits per heavy atom. The van der Waals surface area contributed by atoms with E-state index in [4.69, 9.17) is 9.47 Å². The van der Waals surface area contributed by atoms with Crippen LogP contribution in [-0.2, 0) is 29.1 Å². The Kier molecular flexibility index (Phi) is 5.40. The van der Waals surface area contributed by atoms with Crippen LogP contribution in [0.1, 0.15) is 25.3 Å². The largest absolute Gasteiger partial charge is 0.452 e. The van der Waals surface area contributed by atoms with E-state index in [1.165, 1.54) is 26.2 Å². The SMILES string of the molecule is CC(OC(=O)C1CC1)OC1=C(C(=O)Nc2ccccn2)N(C)S(=O)(=O)c2ccccc21. The lowest BCUT2D eigenvalue weighted by atomic mass is 10.1. The summed E-state index contributed by atoms with van der Waals surface area (Å²) < 4.78 is 38.1. The number of nitrogens with one attached hydrogen (secondary N) is 1. The smallest absolute Gasteiger partial charge is 0.311 e. The molecule has 2 aromatic rings. The van der Waals surface area contributed by atoms with Gasteiger partial charge < -0.3 is 14.8 Å². The van der Waals surface area contributed by atoms with Gasteiger partial charge in [-0.2, -0.15) is 0 Å². The lowest BCUT2D eigenvalue weighted by Crippen LogP contribution is -2.38. The molecule has 1 atom stereocenters. The fourth-order valence-corrected chi connectivity index (χ4v) is 4.55. The van der Waals surface area contributed by atoms with Crippen LogP contribution in [0, 0.1) is 5.92 Å². The Labute approximate surface area is 179 Å². The van der Waals surface area contributed by atoms with E-state index in [-0.39, 0.29) is 39.6 Å². The molecule has 1 amide bonds. The number of esters is 1. The molecule has 1 aliphatic carbocycles. The van der Waals surface area contributed by atoms with Crippen LogP contribution in [0.2, 0.25) is 0 Å². The molecule has 162 valence electrons. The fraction of sp³-hybridized carbons (Fsp3) is 0.286. The van der Waals surface area contributed by atoms with Crippen LogP contribution >= 0.6 is 0 Å². The summed E-state index contributed by atoms with van der Waals surface area (Å²) in [6.07, 6.45) is 2.02. The van der Waals surface area contributed by atoms with E-state index in [1.807, 2.05) is 0 Å². The molecule has 4 rings (SSSR count). The quantitative estimate of drug-likeness (QED) is 0.538. The second-order valence-corrected chi connectivity index (χ2v) is 9.15. The molecule has 9 nitrogen and oxygen atoms in total. The van der Waals surface area contributed by atoms with Gasteiger partial charge in [0.25, 0.3) is 15.9 Å². The first-order chi connectivity index (χ1) is 14.8. The number of aromatic nitrogens is 1. The van der Waals surface area contributed by atoms with Gasteiger partial charge in [-0.3, -0.25) is 13.9 Å². The fourth-order valence-electron chi connectivity index (χ4n) is 3.16. The van der Waals surface area contributed by atoms with E-state index in [0.29, 0.717) is 0 Å². The molecule has 1 aromatic carbocycles. The summed E-state index contributed by atoms with van der Waals surface area (Å²) in [5.41, 5.74) is -0.0280. The number of anilines is 1. The van der Waals surface area contributed by atoms with Gasteiger partial charge in [0.1, 0.15) is 5.82 Å². The van der Waals surface area contributed by atoms with Gasteiger partial charge >= 0.3 is 5.97 Å². The summed E-state index contributed by atoms with van der Waals surface area (Å²) in [4.78, 5) is 29.1. The second kappa shape index (κ2) is 8.03. The van der Waals surface area contributed by atoms with Crippen LogP contribution in [0.5, 0.6) is 0 Å². The number of hydrogen-bond donors (Lipinski definition) is 1. The molecule has 1 N–H and O–H groups in total. The molecule has 0 saturated heterocycles. The molecule has 1 aromatic heterocycles. The number of pyridine rings is 1. The van der Waals surface area contributed by atoms with Gasteiger partial charge in [0.15, 0.2) is 11.5 Å². The predicted molar refractivity (Wildman–Crippen MR) is 111 cm³/mol. The Bertz CT molecular complexity index is 1160. The van der Waals surface area contributed by atoms with Crippen LogP contribution < -0.4 is 5.32 Å². The van der Waals surface area contributed by atoms with E-state index in [9.17, 15) is 18.0 Å². The number of amides is 1. The maximum atomic E-state index is 13.1. The van der Waals surface area contributed by atoms with Crippen LogP contribution in [0.4, 0.5) is 5.82 Å². The highest BCUT2D eigenvalue weighted by molar-refractivity contribution is 7.89. The molecule has 0 bridgehead atoms. The third-order valence-electron chi connectivity index (χ3n) is 4.90. The molecular formula is C21H21N3O6S. The molecule has 1 aliphatic heterocycles. The van der Waals surface area contributed by atoms with Crippen molar-refractivity contribution in [1.82, 2.24) is 9.29 Å². The minimum Gasteiger partial charge on any atom is -0.452 e. The van der Waals surface area contributed by atoms with Gasteiger partial charge in [0.05, 0.1) is 10.8 Å². The molecule has 0 spiro atoms. The maximum Gasteiger partial charge on any atom is 0.311 e. The Morgan fingerprint density at radius 2 is 1.87 bits per heavy atom. The molecule has 2 aliphatic rings. The van der Waals surface area contributed by atoms with Crippen molar-refractivity contribution >= 4 is 33.5 Å². The monoisotopic (exact) mass is 443 g/mol. The Morgan fingerprint density at radius 1 is 1.16 bits per heavy atom. The number of likely N-dealkylation sites (N-methyl/N-ethyl adjacent to an activating group) is 1. The van der Waals surface area contributed by atoms with Crippen LogP contribution in [0.25, 0.3) is 5.76 Å². The van der Waals surface area contributed by atoms with Crippen molar-refractivity contribution in [3.05, 3.63) is 59.9 Å². The van der Waals surface area contributed by atoms with Gasteiger partial charge in [0.2, 0.25) is 6.29 Å². The van der Waals surface area contributed by atoms with E-state index in [2.05, 4.69) is 10.3 Å². The zero-order chi connectivity index (χ0) is 22.2. The molecule has 0 radical (unpaired) electrons. The minimum atomic E-state index is -4.00. The van der Waals surface area contributed by atoms with Gasteiger partial charge in [-0.1, -0.05) is 18.2 Å². The van der Waals surface area contributed by atoms with Crippen LogP contribution in [-0.4, -0.2) is 42.9 Å². The Hall–Kier alpha value is -3.40. The number of carbonyl (C=O) groups is 2. The molecule has 31 heavy (non-hydrogen) atoms. The third kappa shape index (κ3) is 4.11. The summed E-state index contributed by atoms with van der Waals surface area (Å²) in [7, 11) is -2.73. The van der Waals surface area contributed by atoms with Crippen molar-refractivity contribution < 1.29 is 27.5 Å². The maximum absolute atomic E-state index is 13.1. The van der Waals surface area contributed by atoms with Crippen molar-refractivity contribution in [1.29, 1.82) is 0 Å². The van der Waals surface area contributed by atoms with E-state index in [0.717, 1.165) is 17.1 Å². The van der Waals surface area contributed by atoms with E-state index >= 15 is 0 Å². The number of benzene rings is 1. The topological polar surface area (TPSA) is 115 Å². The highest BCUT2D eigenvalue weighted by Gasteiger charge is 2.40. The number of hydrogen-bond acceptors (Lipinski definition) is 7. The number of carbonyl (C=O) groups excluding carboxylic acids is 2. The van der Waals surface area contributed by atoms with E-state index < -0.39 is 22.2 Å². The first kappa shape index (κ1) is 20.9. The summed E-state index contributed by atoms with van der Waals surface area (Å²) in [6, 6.07) is 11.1. The first-order valence-corrected chi connectivity index (χ1v) is 11.1. The predicted octanol–water partition coefficient (Wildman–Crippen LogP) is 2.34. The number of ether oxygens (including phenoxy) is 2. The van der Waals surface area contributed by atoms with Gasteiger partial charge in [-0.25, -0.2) is 13.4 Å². The normalized spacial score (nSPS) is 18.1. The summed E-state index contributed by atoms with van der Waals surface area (Å²) in [5.74, 6) is -0.990. The third-order valence-corrected chi connectivity index (χ3v) is 6.71. The average molecular weight is 443 g/mol. The summed E-state index contributed by atoms with van der Waals surface area (Å²) >= 11 is 0. The van der Waals surface area contributed by atoms with E-state index in [1.54, 1.807) is 36.4 Å². The standard InChI is InChI=1S/C21H21N3O6S/c1-13(30-21(26)14-10-11-14)29-19-15-7-3-4-8-16(15)31(27,28)24(2)18(19)20(25)23-17-9-5-6-12-22-17/h3-9,12-14H,10-11H2,1-2H3,(H,22,23,25). The van der Waals surface area contributed by atoms with Crippen molar-refractivity contribution in [2.75, 3.05) is 12.4 Å². The molecule has 2 heterocycles. The zero-order valence-corrected chi connectivity index (χ0v) is 17.8. The lowest BCUT2D eigenvalue weighted by molar-refractivity contribution is -0.165. The molecule has 10 heteroatoms. The molecular weight excluding hydrogens is 422 g/mol. The van der Waals surface area contributed by atoms with Crippen molar-refractivity contribution in [3.8, 4) is 0 Å². The molecule has 1 saturated carbocycles. The van der Waals surface area contributed by atoms with Gasteiger partial charge in [-0.05, 0) is 37.1 Å². The second-order valence-electron chi connectivity index (χ2n) is 7.21. The number of nitrogens with zero attached hydrogens (tertiary/aromatic N) is 2. The Balaban J connectivity index is 1.75. The number of fused-ring (bicyclic) bond motifs is 1. The van der Waals surface area contributed by atoms with Crippen molar-refractivity contribution in [3.63, 3.8) is 0 Å². The van der Waals surface area contributed by atoms with Crippen LogP contribution in [0.15, 0.2) is 59.3 Å². The van der Waals surface area contributed by atoms with Crippen molar-refractivity contribution in [2.45, 2.75) is 31.0 Å². The molecule has 1 fully saturated rings. The summed E-state index contributed by atoms with van der Waals surface area (Å²) in [5, 5.41) is 2.58. The molecule has 1 unspecified atom stereocenters. The highest BCUT2D eigenvalue weighted by Crippen LogP contribution is 2.38. The zero-order valence-electron chi connectivity index (χ0n) is 16.9. The van der Waals surface area contributed by atoms with Gasteiger partial charge in [-0.15, -0.1) is 0 Å². The lowest BCUT2D eigenvalue weighted by Gasteiger charge is -2.31. The van der Waals surface area contributed by atoms with Gasteiger partial charge in [0, 0.05) is 25.7 Å². The summed E-state index contributed by atoms with van der Waals surface area (Å²) in [6.45, 7) is 1.52. The highest BCUT2D eigenvalue weighted by atomic mass is 32.2. The minimum absolute atomic E-state index is 0.00236. The van der Waals surface area contributed by atoms with Crippen LogP contribution in [0.3, 0.4) is 0 Å². The van der Waals surface area contributed by atoms with Crippen molar-refractivity contribution in [2.24, 2.45) is 5.92 Å². The first-order valence-electron chi connectivity index (χ1n) is 9.71.